The highest BCUT2D eigenvalue weighted by atomic mass is 19.4. The van der Waals surface area contributed by atoms with Crippen molar-refractivity contribution in [2.75, 3.05) is 0 Å². The van der Waals surface area contributed by atoms with E-state index in [0.29, 0.717) is 0 Å². The molecule has 0 aromatic heterocycles. The van der Waals surface area contributed by atoms with Gasteiger partial charge in [0.2, 0.25) is 0 Å². The molecule has 1 N–H and O–H groups in total. The zero-order chi connectivity index (χ0) is 34.2. The Morgan fingerprint density at radius 3 is 0.732 bits per heavy atom. The molecule has 0 rings (SSSR count). The first kappa shape index (κ1) is 38.5. The van der Waals surface area contributed by atoms with E-state index < -0.39 is 83.0 Å². The molecule has 0 aliphatic rings. The van der Waals surface area contributed by atoms with E-state index in [1.807, 2.05) is 0 Å². The van der Waals surface area contributed by atoms with Crippen molar-refractivity contribution in [3.05, 3.63) is 11.7 Å². The van der Waals surface area contributed by atoms with Gasteiger partial charge in [0.05, 0.1) is 0 Å². The Labute approximate surface area is 204 Å². The van der Waals surface area contributed by atoms with E-state index in [2.05, 4.69) is 0 Å². The van der Waals surface area contributed by atoms with Crippen LogP contribution in [0, 0.1) is 0 Å². The van der Waals surface area contributed by atoms with Crippen LogP contribution in [-0.4, -0.2) is 76.5 Å². The molecule has 0 aliphatic heterocycles. The maximum Gasteiger partial charge on any atom is 0.460 e. The maximum atomic E-state index is 13.6. The van der Waals surface area contributed by atoms with Crippen molar-refractivity contribution in [3.8, 4) is 0 Å². The Kier molecular flexibility index (Phi) is 8.90. The predicted octanol–water partition coefficient (Wildman–Crippen LogP) is 8.14. The van der Waals surface area contributed by atoms with E-state index >= 15 is 0 Å². The molecule has 0 amide bonds. The molecular weight excluding hydrogens is 675 g/mol. The van der Waals surface area contributed by atoms with E-state index in [0.717, 1.165) is 0 Å². The number of alkyl halides is 23. The Morgan fingerprint density at radius 1 is 0.366 bits per heavy atom. The average molecular weight is 676 g/mol. The second kappa shape index (κ2) is 9.48. The molecule has 0 heterocycles. The minimum Gasteiger partial charge on any atom is -0.478 e. The summed E-state index contributed by atoms with van der Waals surface area (Å²) in [6.45, 7) is 0. The van der Waals surface area contributed by atoms with E-state index in [9.17, 15) is 115 Å². The summed E-state index contributed by atoms with van der Waals surface area (Å²) in [5, 5.41) is 7.95. The number of hydrogen-bond acceptors (Lipinski definition) is 1. The second-order valence-corrected chi connectivity index (χ2v) is 7.18. The highest BCUT2D eigenvalue weighted by molar-refractivity contribution is 5.89. The van der Waals surface area contributed by atoms with Gasteiger partial charge in [-0.1, -0.05) is 0 Å². The van der Waals surface area contributed by atoms with Crippen molar-refractivity contribution >= 4 is 5.97 Å². The SMILES string of the molecule is O=C(O)C(=C(F)F)C(F)(F)C(F)(F)C(F)(F)C(F)(F)C(F)(F)C(F)(F)C(F)(F)C(F)(F)C(F)(F)C(F)(F)C(F)(F)F. The van der Waals surface area contributed by atoms with Gasteiger partial charge in [-0.15, -0.1) is 0 Å². The van der Waals surface area contributed by atoms with Crippen LogP contribution in [0.1, 0.15) is 0 Å². The molecule has 2 nitrogen and oxygen atoms in total. The summed E-state index contributed by atoms with van der Waals surface area (Å²) in [6.07, 6.45) is -12.9. The zero-order valence-corrected chi connectivity index (χ0v) is 17.3. The molecule has 244 valence electrons. The van der Waals surface area contributed by atoms with Gasteiger partial charge in [0, 0.05) is 0 Å². The topological polar surface area (TPSA) is 37.3 Å². The lowest BCUT2D eigenvalue weighted by atomic mass is 9.84. The Morgan fingerprint density at radius 2 is 0.561 bits per heavy atom. The van der Waals surface area contributed by atoms with E-state index in [1.54, 1.807) is 0 Å². The van der Waals surface area contributed by atoms with Crippen LogP contribution < -0.4 is 0 Å². The number of halogens is 25. The van der Waals surface area contributed by atoms with Crippen molar-refractivity contribution in [1.82, 2.24) is 0 Å². The Balaban J connectivity index is 7.45. The summed E-state index contributed by atoms with van der Waals surface area (Å²) in [5.41, 5.74) is -4.68. The van der Waals surface area contributed by atoms with E-state index in [-0.39, 0.29) is 0 Å². The molecule has 0 saturated carbocycles. The number of rotatable bonds is 11. The lowest BCUT2D eigenvalue weighted by molar-refractivity contribution is -0.477. The Hall–Kier alpha value is -2.54. The number of carboxylic acid groups (broad SMARTS) is 1. The largest absolute Gasteiger partial charge is 0.478 e. The maximum absolute atomic E-state index is 13.6. The monoisotopic (exact) mass is 676 g/mol. The van der Waals surface area contributed by atoms with Gasteiger partial charge in [-0.3, -0.25) is 0 Å². The minimum atomic E-state index is -9.65. The first-order chi connectivity index (χ1) is 17.3. The molecular formula is C14HF25O2. The van der Waals surface area contributed by atoms with Crippen LogP contribution in [0.5, 0.6) is 0 Å². The first-order valence-corrected chi connectivity index (χ1v) is 8.40. The van der Waals surface area contributed by atoms with Gasteiger partial charge in [-0.25, -0.2) is 4.79 Å². The van der Waals surface area contributed by atoms with Gasteiger partial charge >= 0.3 is 71.4 Å². The van der Waals surface area contributed by atoms with Crippen molar-refractivity contribution in [2.45, 2.75) is 65.4 Å². The highest BCUT2D eigenvalue weighted by Crippen LogP contribution is 2.67. The standard InChI is InChI=1S/C14HF25O2/c15-2(16)1(3(40)41)4(17,18)5(19,20)6(21,22)7(23,24)8(25,26)9(27,28)10(29,30)11(31,32)12(33,34)13(35,36)14(37,38)39/h(H,40,41). The van der Waals surface area contributed by atoms with Crippen LogP contribution in [-0.2, 0) is 4.79 Å². The zero-order valence-electron chi connectivity index (χ0n) is 17.3. The van der Waals surface area contributed by atoms with Crippen LogP contribution >= 0.6 is 0 Å². The van der Waals surface area contributed by atoms with Gasteiger partial charge < -0.3 is 5.11 Å². The molecule has 0 fully saturated rings. The molecule has 0 radical (unpaired) electrons. The molecule has 0 aliphatic carbocycles. The molecule has 0 spiro atoms. The van der Waals surface area contributed by atoms with Crippen LogP contribution in [0.3, 0.4) is 0 Å². The van der Waals surface area contributed by atoms with Crippen molar-refractivity contribution in [2.24, 2.45) is 0 Å². The summed E-state index contributed by atoms with van der Waals surface area (Å²) in [7, 11) is 0. The van der Waals surface area contributed by atoms with Crippen LogP contribution in [0.25, 0.3) is 0 Å². The third kappa shape index (κ3) is 4.58. The number of carboxylic acids is 1. The second-order valence-electron chi connectivity index (χ2n) is 7.18. The molecule has 0 aromatic carbocycles. The summed E-state index contributed by atoms with van der Waals surface area (Å²) in [5.74, 6) is -96.1. The number of carbonyl (C=O) groups is 1. The molecule has 27 heteroatoms. The van der Waals surface area contributed by atoms with Gasteiger partial charge in [-0.05, 0) is 0 Å². The van der Waals surface area contributed by atoms with Crippen LogP contribution in [0.2, 0.25) is 0 Å². The fourth-order valence-corrected chi connectivity index (χ4v) is 2.25. The van der Waals surface area contributed by atoms with Crippen molar-refractivity contribution in [1.29, 1.82) is 0 Å². The van der Waals surface area contributed by atoms with E-state index in [1.165, 1.54) is 0 Å². The molecule has 41 heavy (non-hydrogen) atoms. The number of aliphatic carboxylic acids is 1. The third-order valence-corrected chi connectivity index (χ3v) is 4.62. The number of hydrogen-bond donors (Lipinski definition) is 1. The quantitative estimate of drug-likeness (QED) is 0.177. The molecule has 0 bridgehead atoms. The van der Waals surface area contributed by atoms with Gasteiger partial charge in [0.25, 0.3) is 6.08 Å². The molecule has 0 unspecified atom stereocenters. The lowest BCUT2D eigenvalue weighted by Gasteiger charge is -2.45. The van der Waals surface area contributed by atoms with Crippen molar-refractivity contribution < 1.29 is 120 Å². The summed E-state index contributed by atoms with van der Waals surface area (Å²) in [6, 6.07) is 0. The average Bonchev–Trinajstić information content (AvgIpc) is 2.70. The smallest absolute Gasteiger partial charge is 0.460 e. The van der Waals surface area contributed by atoms with Crippen LogP contribution in [0.4, 0.5) is 110 Å². The van der Waals surface area contributed by atoms with Crippen LogP contribution in [0.15, 0.2) is 11.7 Å². The molecule has 0 atom stereocenters. The molecule has 0 aromatic rings. The van der Waals surface area contributed by atoms with Crippen molar-refractivity contribution in [3.63, 3.8) is 0 Å². The van der Waals surface area contributed by atoms with Gasteiger partial charge in [0.1, 0.15) is 0 Å². The summed E-state index contributed by atoms with van der Waals surface area (Å²) >= 11 is 0. The normalized spacial score (nSPS) is 16.1. The fourth-order valence-electron chi connectivity index (χ4n) is 2.25. The lowest BCUT2D eigenvalue weighted by Crippen LogP contribution is -2.77. The predicted molar refractivity (Wildman–Crippen MR) is 72.4 cm³/mol. The Bertz CT molecular complexity index is 1040. The minimum absolute atomic E-state index is 4.16. The summed E-state index contributed by atoms with van der Waals surface area (Å²) < 4.78 is 327. The summed E-state index contributed by atoms with van der Waals surface area (Å²) in [4.78, 5) is 10.2. The van der Waals surface area contributed by atoms with Gasteiger partial charge in [-0.2, -0.15) is 110 Å². The van der Waals surface area contributed by atoms with E-state index in [4.69, 9.17) is 5.11 Å². The third-order valence-electron chi connectivity index (χ3n) is 4.62. The van der Waals surface area contributed by atoms with Gasteiger partial charge in [0.15, 0.2) is 5.57 Å². The fraction of sp³-hybridized carbons (Fsp3) is 0.786. The highest BCUT2D eigenvalue weighted by Gasteiger charge is 2.99. The first-order valence-electron chi connectivity index (χ1n) is 8.40. The molecule has 0 saturated heterocycles.